The first-order chi connectivity index (χ1) is 23.3. The molecule has 2 heterocycles. The average Bonchev–Trinajstić information content (AvgIpc) is 3.66. The summed E-state index contributed by atoms with van der Waals surface area (Å²) in [4.78, 5) is 2.33. The maximum Gasteiger partial charge on any atom is 0.137 e. The van der Waals surface area contributed by atoms with E-state index in [4.69, 9.17) is 4.42 Å². The van der Waals surface area contributed by atoms with Gasteiger partial charge in [0.05, 0.1) is 11.0 Å². The fourth-order valence-corrected chi connectivity index (χ4v) is 7.38. The van der Waals surface area contributed by atoms with Crippen molar-refractivity contribution in [3.63, 3.8) is 0 Å². The number of anilines is 3. The van der Waals surface area contributed by atoms with Gasteiger partial charge in [0.1, 0.15) is 11.2 Å². The summed E-state index contributed by atoms with van der Waals surface area (Å²) in [7, 11) is 0. The van der Waals surface area contributed by atoms with Crippen LogP contribution in [0.3, 0.4) is 0 Å². The SMILES string of the molecule is c1ccc(N(c2ccc3c(c2)oc2cc4ccccc4cc23)c2ccc3c4c5ccccc5ccc4n(-c4ccccc4)c3c2)cc1. The van der Waals surface area contributed by atoms with E-state index >= 15 is 0 Å². The standard InChI is InChI=1S/C44H28N2O/c1-3-14-32(15-4-1)45(35-20-22-37-39-25-30-12-7-8-13-31(30)26-42(39)47-43(37)28-35)34-21-23-38-41(27-34)46(33-16-5-2-6-17-33)40-24-19-29-11-9-10-18-36(29)44(38)40/h1-28H. The Morgan fingerprint density at radius 3 is 1.83 bits per heavy atom. The maximum absolute atomic E-state index is 6.52. The van der Waals surface area contributed by atoms with Gasteiger partial charge in [-0.3, -0.25) is 0 Å². The second-order valence-electron chi connectivity index (χ2n) is 12.2. The number of furan rings is 1. The molecule has 0 unspecified atom stereocenters. The molecule has 0 fully saturated rings. The molecule has 47 heavy (non-hydrogen) atoms. The molecule has 0 aliphatic carbocycles. The molecule has 3 nitrogen and oxygen atoms in total. The molecule has 0 aliphatic rings. The predicted molar refractivity (Wildman–Crippen MR) is 198 cm³/mol. The highest BCUT2D eigenvalue weighted by Crippen LogP contribution is 2.43. The van der Waals surface area contributed by atoms with Gasteiger partial charge < -0.3 is 13.9 Å². The Morgan fingerprint density at radius 2 is 1.02 bits per heavy atom. The lowest BCUT2D eigenvalue weighted by molar-refractivity contribution is 0.669. The van der Waals surface area contributed by atoms with Gasteiger partial charge in [0.15, 0.2) is 0 Å². The highest BCUT2D eigenvalue weighted by atomic mass is 16.3. The van der Waals surface area contributed by atoms with Crippen LogP contribution >= 0.6 is 0 Å². The number of para-hydroxylation sites is 2. The summed E-state index contributed by atoms with van der Waals surface area (Å²) < 4.78 is 8.92. The highest BCUT2D eigenvalue weighted by Gasteiger charge is 2.20. The van der Waals surface area contributed by atoms with Crippen LogP contribution in [0.5, 0.6) is 0 Å². The van der Waals surface area contributed by atoms with Crippen LogP contribution in [-0.2, 0) is 0 Å². The molecular formula is C44H28N2O. The van der Waals surface area contributed by atoms with Crippen molar-refractivity contribution in [1.29, 1.82) is 0 Å². The van der Waals surface area contributed by atoms with E-state index < -0.39 is 0 Å². The molecule has 0 amide bonds. The van der Waals surface area contributed by atoms with Gasteiger partial charge in [-0.25, -0.2) is 0 Å². The summed E-state index contributed by atoms with van der Waals surface area (Å²) in [5.74, 6) is 0. The third-order valence-electron chi connectivity index (χ3n) is 9.51. The van der Waals surface area contributed by atoms with E-state index in [1.54, 1.807) is 0 Å². The van der Waals surface area contributed by atoms with E-state index in [1.807, 2.05) is 0 Å². The lowest BCUT2D eigenvalue weighted by Gasteiger charge is -2.25. The fourth-order valence-electron chi connectivity index (χ4n) is 7.38. The Balaban J connectivity index is 1.23. The molecule has 0 saturated carbocycles. The van der Waals surface area contributed by atoms with Crippen LogP contribution in [0.15, 0.2) is 174 Å². The van der Waals surface area contributed by atoms with Crippen LogP contribution in [-0.4, -0.2) is 4.57 Å². The van der Waals surface area contributed by atoms with E-state index in [0.29, 0.717) is 0 Å². The molecule has 0 radical (unpaired) electrons. The van der Waals surface area contributed by atoms with Gasteiger partial charge in [-0.05, 0) is 88.3 Å². The summed E-state index contributed by atoms with van der Waals surface area (Å²) in [6.07, 6.45) is 0. The monoisotopic (exact) mass is 600 g/mol. The summed E-state index contributed by atoms with van der Waals surface area (Å²) in [5.41, 5.74) is 8.49. The van der Waals surface area contributed by atoms with Crippen LogP contribution in [0.4, 0.5) is 17.1 Å². The number of aromatic nitrogens is 1. The normalized spacial score (nSPS) is 11.8. The fraction of sp³-hybridized carbons (Fsp3) is 0. The van der Waals surface area contributed by atoms with E-state index in [0.717, 1.165) is 50.2 Å². The van der Waals surface area contributed by atoms with Crippen LogP contribution in [0.1, 0.15) is 0 Å². The molecule has 0 bridgehead atoms. The summed E-state index contributed by atoms with van der Waals surface area (Å²) in [6.45, 7) is 0. The largest absolute Gasteiger partial charge is 0.456 e. The van der Waals surface area contributed by atoms with E-state index in [1.165, 1.54) is 37.8 Å². The Bertz CT molecular complexity index is 2790. The molecule has 220 valence electrons. The van der Waals surface area contributed by atoms with Crippen molar-refractivity contribution in [2.24, 2.45) is 0 Å². The highest BCUT2D eigenvalue weighted by molar-refractivity contribution is 6.22. The second kappa shape index (κ2) is 10.1. The minimum atomic E-state index is 0.875. The lowest BCUT2D eigenvalue weighted by atomic mass is 10.0. The zero-order valence-corrected chi connectivity index (χ0v) is 25.5. The van der Waals surface area contributed by atoms with Crippen molar-refractivity contribution in [3.05, 3.63) is 170 Å². The van der Waals surface area contributed by atoms with Crippen LogP contribution in [0, 0.1) is 0 Å². The van der Waals surface area contributed by atoms with Gasteiger partial charge >= 0.3 is 0 Å². The smallest absolute Gasteiger partial charge is 0.137 e. The first-order valence-electron chi connectivity index (χ1n) is 16.0. The van der Waals surface area contributed by atoms with Crippen molar-refractivity contribution < 1.29 is 4.42 Å². The number of hydrogen-bond donors (Lipinski definition) is 0. The van der Waals surface area contributed by atoms with Crippen molar-refractivity contribution in [2.75, 3.05) is 4.90 Å². The van der Waals surface area contributed by atoms with Gasteiger partial charge in [0, 0.05) is 50.4 Å². The molecule has 0 saturated heterocycles. The predicted octanol–water partition coefficient (Wildman–Crippen LogP) is 12.5. The quantitative estimate of drug-likeness (QED) is 0.200. The van der Waals surface area contributed by atoms with Crippen LogP contribution in [0.2, 0.25) is 0 Å². The summed E-state index contributed by atoms with van der Waals surface area (Å²) in [5, 5.41) is 9.67. The van der Waals surface area contributed by atoms with Crippen molar-refractivity contribution in [2.45, 2.75) is 0 Å². The third kappa shape index (κ3) is 4.00. The molecule has 10 aromatic rings. The topological polar surface area (TPSA) is 21.3 Å². The Labute approximate surface area is 271 Å². The van der Waals surface area contributed by atoms with E-state index in [2.05, 4.69) is 179 Å². The molecule has 0 N–H and O–H groups in total. The Hall–Kier alpha value is -6.32. The Kier molecular flexibility index (Phi) is 5.57. The minimum Gasteiger partial charge on any atom is -0.456 e. The number of nitrogens with zero attached hydrogens (tertiary/aromatic N) is 2. The van der Waals surface area contributed by atoms with Crippen LogP contribution < -0.4 is 4.90 Å². The molecule has 0 spiro atoms. The zero-order chi connectivity index (χ0) is 30.9. The number of rotatable bonds is 4. The van der Waals surface area contributed by atoms with E-state index in [9.17, 15) is 0 Å². The Morgan fingerprint density at radius 1 is 0.383 bits per heavy atom. The average molecular weight is 601 g/mol. The molecule has 10 rings (SSSR count). The molecule has 2 aromatic heterocycles. The first kappa shape index (κ1) is 26.0. The number of fused-ring (bicyclic) bond motifs is 9. The zero-order valence-electron chi connectivity index (χ0n) is 25.5. The van der Waals surface area contributed by atoms with Gasteiger partial charge in [-0.1, -0.05) is 97.1 Å². The number of benzene rings is 8. The van der Waals surface area contributed by atoms with Gasteiger partial charge in [-0.15, -0.1) is 0 Å². The van der Waals surface area contributed by atoms with Gasteiger partial charge in [-0.2, -0.15) is 0 Å². The van der Waals surface area contributed by atoms with Crippen molar-refractivity contribution >= 4 is 82.4 Å². The van der Waals surface area contributed by atoms with Gasteiger partial charge in [0.2, 0.25) is 0 Å². The minimum absolute atomic E-state index is 0.875. The van der Waals surface area contributed by atoms with Crippen molar-refractivity contribution in [1.82, 2.24) is 4.57 Å². The van der Waals surface area contributed by atoms with Crippen LogP contribution in [0.25, 0.3) is 71.0 Å². The van der Waals surface area contributed by atoms with E-state index in [-0.39, 0.29) is 0 Å². The molecular weight excluding hydrogens is 572 g/mol. The van der Waals surface area contributed by atoms with Gasteiger partial charge in [0.25, 0.3) is 0 Å². The first-order valence-corrected chi connectivity index (χ1v) is 16.0. The second-order valence-corrected chi connectivity index (χ2v) is 12.2. The van der Waals surface area contributed by atoms with Crippen molar-refractivity contribution in [3.8, 4) is 5.69 Å². The third-order valence-corrected chi connectivity index (χ3v) is 9.51. The summed E-state index contributed by atoms with van der Waals surface area (Å²) >= 11 is 0. The molecule has 0 atom stereocenters. The lowest BCUT2D eigenvalue weighted by Crippen LogP contribution is -2.09. The maximum atomic E-state index is 6.52. The molecule has 0 aliphatic heterocycles. The molecule has 3 heteroatoms. The summed E-state index contributed by atoms with van der Waals surface area (Å²) in [6, 6.07) is 60.8. The number of hydrogen-bond acceptors (Lipinski definition) is 2. The molecule has 8 aromatic carbocycles.